The maximum Gasteiger partial charge on any atom is 0.416 e. The smallest absolute Gasteiger partial charge is 0.416 e. The zero-order valence-electron chi connectivity index (χ0n) is 26.4. The topological polar surface area (TPSA) is 123 Å². The van der Waals surface area contributed by atoms with Gasteiger partial charge in [0.05, 0.1) is 37.0 Å². The van der Waals surface area contributed by atoms with Gasteiger partial charge in [-0.05, 0) is 55.0 Å². The molecule has 0 saturated heterocycles. The molecule has 0 saturated carbocycles. The van der Waals surface area contributed by atoms with Gasteiger partial charge in [0.15, 0.2) is 0 Å². The summed E-state index contributed by atoms with van der Waals surface area (Å²) >= 11 is 0. The molecule has 0 unspecified atom stereocenters. The summed E-state index contributed by atoms with van der Waals surface area (Å²) in [6, 6.07) is 16.4. The summed E-state index contributed by atoms with van der Waals surface area (Å²) in [5.41, 5.74) is 0.152. The van der Waals surface area contributed by atoms with E-state index >= 15 is 0 Å². The molecule has 0 bridgehead atoms. The van der Waals surface area contributed by atoms with Crippen LogP contribution in [0.3, 0.4) is 0 Å². The molecule has 254 valence electrons. The van der Waals surface area contributed by atoms with Gasteiger partial charge < -0.3 is 15.4 Å². The summed E-state index contributed by atoms with van der Waals surface area (Å²) in [6.07, 6.45) is -5.08. The van der Waals surface area contributed by atoms with Crippen LogP contribution in [0.15, 0.2) is 91.0 Å². The predicted octanol–water partition coefficient (Wildman–Crippen LogP) is 5.06. The number of ether oxygens (including phenoxy) is 1. The Balaban J connectivity index is 1.65. The fourth-order valence-electron chi connectivity index (χ4n) is 5.66. The summed E-state index contributed by atoms with van der Waals surface area (Å²) in [6.45, 7) is 5.22. The third kappa shape index (κ3) is 7.22. The minimum absolute atomic E-state index is 0.0742. The molecule has 10 nitrogen and oxygen atoms in total. The van der Waals surface area contributed by atoms with Crippen LogP contribution in [-0.2, 0) is 31.8 Å². The van der Waals surface area contributed by atoms with Crippen LogP contribution in [0.1, 0.15) is 52.0 Å². The summed E-state index contributed by atoms with van der Waals surface area (Å²) in [7, 11) is 1.18. The van der Waals surface area contributed by atoms with Crippen molar-refractivity contribution in [3.05, 3.63) is 125 Å². The van der Waals surface area contributed by atoms with Gasteiger partial charge in [-0.1, -0.05) is 43.0 Å². The van der Waals surface area contributed by atoms with Crippen molar-refractivity contribution in [2.24, 2.45) is 0 Å². The Morgan fingerprint density at radius 1 is 1.00 bits per heavy atom. The van der Waals surface area contributed by atoms with Crippen molar-refractivity contribution >= 4 is 29.5 Å². The second-order valence-corrected chi connectivity index (χ2v) is 11.1. The van der Waals surface area contributed by atoms with Crippen LogP contribution < -0.4 is 15.5 Å². The molecule has 0 radical (unpaired) electrons. The number of likely N-dealkylation sites (N-methyl/N-ethyl adjacent to an activating group) is 1. The molecule has 14 heteroatoms. The molecule has 49 heavy (non-hydrogen) atoms. The fourth-order valence-corrected chi connectivity index (χ4v) is 5.66. The Labute approximate surface area is 278 Å². The van der Waals surface area contributed by atoms with Crippen LogP contribution in [0.25, 0.3) is 5.69 Å². The van der Waals surface area contributed by atoms with Gasteiger partial charge in [0.2, 0.25) is 5.91 Å². The van der Waals surface area contributed by atoms with Crippen LogP contribution >= 0.6 is 0 Å². The van der Waals surface area contributed by atoms with E-state index in [1.807, 2.05) is 0 Å². The molecule has 2 atom stereocenters. The number of para-hydroxylation sites is 1. The maximum atomic E-state index is 14.3. The SMILES string of the molecule is C=C(CC(=O)OC)C(=O)NCc1nn(-c2ccccc2)c2c1[C@H](c1ccc(F)cc1)[C@H](NC(=O)c1cccc(C(F)(F)F)c1)C(=O)N2CC. The van der Waals surface area contributed by atoms with Crippen molar-refractivity contribution in [2.75, 3.05) is 18.6 Å². The standard InChI is InChI=1S/C35H31F4N5O5/c1-4-43-33-29(26(42-44(33)25-11-6-5-7-12-25)19-40-31(46)20(2)17-27(45)49-3)28(21-13-15-24(36)16-14-21)30(34(43)48)41-32(47)22-9-8-10-23(18-22)35(37,38)39/h5-16,18,28,30H,2,4,17,19H2,1,3H3,(H,40,46)(H,41,47)/t28-,30-/m0/s1. The normalized spacial score (nSPS) is 15.7. The Morgan fingerprint density at radius 2 is 1.69 bits per heavy atom. The molecule has 1 aliphatic heterocycles. The maximum absolute atomic E-state index is 14.3. The van der Waals surface area contributed by atoms with Gasteiger partial charge in [-0.2, -0.15) is 18.3 Å². The summed E-state index contributed by atoms with van der Waals surface area (Å²) in [5, 5.41) is 10.1. The van der Waals surface area contributed by atoms with Crippen molar-refractivity contribution in [1.82, 2.24) is 20.4 Å². The second kappa shape index (κ2) is 14.1. The van der Waals surface area contributed by atoms with Gasteiger partial charge in [0, 0.05) is 29.2 Å². The van der Waals surface area contributed by atoms with Gasteiger partial charge in [0.1, 0.15) is 17.7 Å². The number of fused-ring (bicyclic) bond motifs is 1. The molecular formula is C35H31F4N5O5. The molecule has 3 amide bonds. The molecule has 0 fully saturated rings. The van der Waals surface area contributed by atoms with E-state index < -0.39 is 53.2 Å². The highest BCUT2D eigenvalue weighted by Gasteiger charge is 2.46. The van der Waals surface area contributed by atoms with E-state index in [-0.39, 0.29) is 36.3 Å². The van der Waals surface area contributed by atoms with Crippen LogP contribution in [0.2, 0.25) is 0 Å². The van der Waals surface area contributed by atoms with E-state index in [0.29, 0.717) is 28.7 Å². The first-order valence-corrected chi connectivity index (χ1v) is 15.1. The second-order valence-electron chi connectivity index (χ2n) is 11.1. The van der Waals surface area contributed by atoms with Gasteiger partial charge in [-0.25, -0.2) is 9.07 Å². The molecule has 2 N–H and O–H groups in total. The van der Waals surface area contributed by atoms with E-state index in [9.17, 15) is 36.7 Å². The first-order valence-electron chi connectivity index (χ1n) is 15.1. The fraction of sp³-hybridized carbons (Fsp3) is 0.229. The van der Waals surface area contributed by atoms with E-state index in [1.165, 1.54) is 47.0 Å². The number of hydrogen-bond acceptors (Lipinski definition) is 6. The highest BCUT2D eigenvalue weighted by molar-refractivity contribution is 6.05. The predicted molar refractivity (Wildman–Crippen MR) is 170 cm³/mol. The number of alkyl halides is 3. The number of amides is 3. The number of methoxy groups -OCH3 is 1. The number of anilines is 1. The van der Waals surface area contributed by atoms with Gasteiger partial charge in [-0.3, -0.25) is 24.1 Å². The number of benzene rings is 3. The van der Waals surface area contributed by atoms with Gasteiger partial charge in [0.25, 0.3) is 11.8 Å². The molecular weight excluding hydrogens is 646 g/mol. The number of carbonyl (C=O) groups excluding carboxylic acids is 4. The van der Waals surface area contributed by atoms with Crippen LogP contribution in [0, 0.1) is 5.82 Å². The number of nitrogens with one attached hydrogen (secondary N) is 2. The van der Waals surface area contributed by atoms with Crippen LogP contribution in [-0.4, -0.2) is 53.2 Å². The Morgan fingerprint density at radius 3 is 2.33 bits per heavy atom. The molecule has 0 aliphatic carbocycles. The van der Waals surface area contributed by atoms with Crippen LogP contribution in [0.4, 0.5) is 23.4 Å². The molecule has 4 aromatic rings. The third-order valence-electron chi connectivity index (χ3n) is 8.01. The molecule has 1 aliphatic rings. The molecule has 5 rings (SSSR count). The molecule has 2 heterocycles. The number of hydrogen-bond donors (Lipinski definition) is 2. The quantitative estimate of drug-likeness (QED) is 0.138. The average Bonchev–Trinajstić information content (AvgIpc) is 3.46. The van der Waals surface area contributed by atoms with Gasteiger partial charge >= 0.3 is 12.1 Å². The van der Waals surface area contributed by atoms with Crippen molar-refractivity contribution in [3.63, 3.8) is 0 Å². The lowest BCUT2D eigenvalue weighted by atomic mass is 9.80. The number of halogens is 4. The number of aromatic nitrogens is 2. The van der Waals surface area contributed by atoms with Crippen molar-refractivity contribution in [2.45, 2.75) is 38.0 Å². The minimum Gasteiger partial charge on any atom is -0.469 e. The zero-order chi connectivity index (χ0) is 35.5. The number of nitrogens with zero attached hydrogens (tertiary/aromatic N) is 3. The van der Waals surface area contributed by atoms with Crippen LogP contribution in [0.5, 0.6) is 0 Å². The Kier molecular flexibility index (Phi) is 9.97. The van der Waals surface area contributed by atoms with E-state index in [0.717, 1.165) is 12.1 Å². The highest BCUT2D eigenvalue weighted by Crippen LogP contribution is 2.44. The highest BCUT2D eigenvalue weighted by atomic mass is 19.4. The lowest BCUT2D eigenvalue weighted by Gasteiger charge is -2.38. The van der Waals surface area contributed by atoms with Crippen molar-refractivity contribution in [3.8, 4) is 5.69 Å². The molecule has 1 aromatic heterocycles. The van der Waals surface area contributed by atoms with Gasteiger partial charge in [-0.15, -0.1) is 0 Å². The molecule has 3 aromatic carbocycles. The average molecular weight is 678 g/mol. The minimum atomic E-state index is -4.71. The van der Waals surface area contributed by atoms with E-state index in [2.05, 4.69) is 21.9 Å². The lowest BCUT2D eigenvalue weighted by Crippen LogP contribution is -2.55. The summed E-state index contributed by atoms with van der Waals surface area (Å²) in [5.74, 6) is -4.16. The lowest BCUT2D eigenvalue weighted by molar-refractivity contribution is -0.140. The van der Waals surface area contributed by atoms with E-state index in [4.69, 9.17) is 5.10 Å². The number of carbonyl (C=O) groups is 4. The number of esters is 1. The van der Waals surface area contributed by atoms with Crippen molar-refractivity contribution in [1.29, 1.82) is 0 Å². The third-order valence-corrected chi connectivity index (χ3v) is 8.01. The summed E-state index contributed by atoms with van der Waals surface area (Å²) in [4.78, 5) is 54.0. The first kappa shape index (κ1) is 34.5. The monoisotopic (exact) mass is 677 g/mol. The largest absolute Gasteiger partial charge is 0.469 e. The number of rotatable bonds is 10. The molecule has 0 spiro atoms. The van der Waals surface area contributed by atoms with Crippen molar-refractivity contribution < 1.29 is 41.5 Å². The first-order chi connectivity index (χ1) is 23.3. The Bertz CT molecular complexity index is 1910. The summed E-state index contributed by atoms with van der Waals surface area (Å²) < 4.78 is 60.8. The Hall–Kier alpha value is -5.79. The zero-order valence-corrected chi connectivity index (χ0v) is 26.4. The van der Waals surface area contributed by atoms with E-state index in [1.54, 1.807) is 37.3 Å².